The number of hydrogen-bond donors (Lipinski definition) is 1. The van der Waals surface area contributed by atoms with Crippen LogP contribution in [0.1, 0.15) is 5.56 Å². The minimum Gasteiger partial charge on any atom is -0.463 e. The number of furan rings is 1. The minimum absolute atomic E-state index is 0.418. The fourth-order valence-corrected chi connectivity index (χ4v) is 2.40. The molecule has 1 N–H and O–H groups in total. The van der Waals surface area contributed by atoms with Crippen LogP contribution in [0, 0.1) is 4.77 Å². The first-order chi connectivity index (χ1) is 11.8. The second-order valence-corrected chi connectivity index (χ2v) is 5.33. The van der Waals surface area contributed by atoms with E-state index in [0.29, 0.717) is 16.2 Å². The highest BCUT2D eigenvalue weighted by molar-refractivity contribution is 7.71. The van der Waals surface area contributed by atoms with Gasteiger partial charge in [0.15, 0.2) is 5.76 Å². The lowest BCUT2D eigenvalue weighted by molar-refractivity contribution is 0.579. The van der Waals surface area contributed by atoms with E-state index < -0.39 is 0 Å². The highest BCUT2D eigenvalue weighted by Crippen LogP contribution is 2.23. The average molecular weight is 336 g/mol. The van der Waals surface area contributed by atoms with Gasteiger partial charge in [-0.1, -0.05) is 18.2 Å². The van der Waals surface area contributed by atoms with Crippen LogP contribution in [0.25, 0.3) is 17.1 Å². The second-order valence-electron chi connectivity index (χ2n) is 4.94. The third-order valence-corrected chi connectivity index (χ3v) is 3.65. The van der Waals surface area contributed by atoms with Gasteiger partial charge in [-0.3, -0.25) is 5.10 Å². The SMILES string of the molecule is S=c1[nH]ncn1/N=C\c1cn(-c2ccccc2)nc1-c1ccco1. The van der Waals surface area contributed by atoms with Gasteiger partial charge in [-0.2, -0.15) is 20.0 Å². The Bertz CT molecular complexity index is 1030. The van der Waals surface area contributed by atoms with Crippen LogP contribution in [-0.4, -0.2) is 30.9 Å². The predicted molar refractivity (Wildman–Crippen MR) is 91.7 cm³/mol. The summed E-state index contributed by atoms with van der Waals surface area (Å²) >= 11 is 5.09. The van der Waals surface area contributed by atoms with Gasteiger partial charge >= 0.3 is 0 Å². The van der Waals surface area contributed by atoms with Gasteiger partial charge in [-0.25, -0.2) is 4.68 Å². The molecule has 1 aromatic carbocycles. The lowest BCUT2D eigenvalue weighted by Gasteiger charge is -1.98. The number of rotatable bonds is 4. The van der Waals surface area contributed by atoms with Gasteiger partial charge in [0.25, 0.3) is 0 Å². The summed E-state index contributed by atoms with van der Waals surface area (Å²) in [6.45, 7) is 0. The van der Waals surface area contributed by atoms with Crippen LogP contribution < -0.4 is 0 Å². The number of aromatic nitrogens is 5. The zero-order valence-corrected chi connectivity index (χ0v) is 13.2. The van der Waals surface area contributed by atoms with Crippen molar-refractivity contribution in [3.63, 3.8) is 0 Å². The van der Waals surface area contributed by atoms with Gasteiger partial charge in [-0.15, -0.1) is 0 Å². The first kappa shape index (κ1) is 14.3. The molecule has 7 nitrogen and oxygen atoms in total. The van der Waals surface area contributed by atoms with E-state index in [0.717, 1.165) is 11.3 Å². The predicted octanol–water partition coefficient (Wildman–Crippen LogP) is 3.27. The van der Waals surface area contributed by atoms with Gasteiger partial charge in [0, 0.05) is 11.8 Å². The van der Waals surface area contributed by atoms with Gasteiger partial charge in [0.2, 0.25) is 4.77 Å². The number of benzene rings is 1. The molecule has 118 valence electrons. The molecule has 4 rings (SSSR count). The fourth-order valence-electron chi connectivity index (χ4n) is 2.25. The van der Waals surface area contributed by atoms with E-state index in [2.05, 4.69) is 20.4 Å². The van der Waals surface area contributed by atoms with E-state index in [1.54, 1.807) is 17.2 Å². The summed E-state index contributed by atoms with van der Waals surface area (Å²) in [5.41, 5.74) is 2.45. The summed E-state index contributed by atoms with van der Waals surface area (Å²) in [7, 11) is 0. The van der Waals surface area contributed by atoms with Crippen molar-refractivity contribution in [2.75, 3.05) is 0 Å². The number of H-pyrrole nitrogens is 1. The molecular weight excluding hydrogens is 324 g/mol. The monoisotopic (exact) mass is 336 g/mol. The largest absolute Gasteiger partial charge is 0.463 e. The molecule has 24 heavy (non-hydrogen) atoms. The minimum atomic E-state index is 0.418. The summed E-state index contributed by atoms with van der Waals surface area (Å²) < 4.78 is 9.16. The Morgan fingerprint density at radius 3 is 2.75 bits per heavy atom. The number of para-hydroxylation sites is 1. The molecule has 0 unspecified atom stereocenters. The molecule has 8 heteroatoms. The maximum Gasteiger partial charge on any atom is 0.216 e. The van der Waals surface area contributed by atoms with Crippen molar-refractivity contribution in [1.82, 2.24) is 24.7 Å². The number of nitrogens with one attached hydrogen (secondary N) is 1. The summed E-state index contributed by atoms with van der Waals surface area (Å²) in [4.78, 5) is 0. The smallest absolute Gasteiger partial charge is 0.216 e. The Morgan fingerprint density at radius 2 is 2.04 bits per heavy atom. The summed E-state index contributed by atoms with van der Waals surface area (Å²) in [6.07, 6.45) is 6.69. The molecule has 0 spiro atoms. The zero-order valence-electron chi connectivity index (χ0n) is 12.4. The number of hydrogen-bond acceptors (Lipinski definition) is 5. The molecule has 3 aromatic heterocycles. The summed E-state index contributed by atoms with van der Waals surface area (Å²) in [5, 5.41) is 15.4. The van der Waals surface area contributed by atoms with E-state index in [9.17, 15) is 0 Å². The normalized spacial score (nSPS) is 11.3. The van der Waals surface area contributed by atoms with Gasteiger partial charge in [-0.05, 0) is 36.5 Å². The highest BCUT2D eigenvalue weighted by Gasteiger charge is 2.13. The molecule has 0 aliphatic heterocycles. The van der Waals surface area contributed by atoms with Crippen molar-refractivity contribution in [3.05, 3.63) is 71.6 Å². The summed E-state index contributed by atoms with van der Waals surface area (Å²) in [6, 6.07) is 13.5. The zero-order chi connectivity index (χ0) is 16.4. The van der Waals surface area contributed by atoms with Crippen LogP contribution in [-0.2, 0) is 0 Å². The van der Waals surface area contributed by atoms with Crippen molar-refractivity contribution in [2.24, 2.45) is 5.10 Å². The van der Waals surface area contributed by atoms with E-state index >= 15 is 0 Å². The first-order valence-corrected chi connectivity index (χ1v) is 7.57. The Balaban J connectivity index is 1.80. The molecule has 0 aliphatic rings. The van der Waals surface area contributed by atoms with Crippen molar-refractivity contribution in [3.8, 4) is 17.1 Å². The molecule has 0 fully saturated rings. The Kier molecular flexibility index (Phi) is 3.64. The van der Waals surface area contributed by atoms with E-state index in [1.807, 2.05) is 48.7 Å². The average Bonchev–Trinajstić information content (AvgIpc) is 3.34. The van der Waals surface area contributed by atoms with Crippen molar-refractivity contribution in [2.45, 2.75) is 0 Å². The number of nitrogens with zero attached hydrogens (tertiary/aromatic N) is 5. The Hall–Kier alpha value is -3.26. The van der Waals surface area contributed by atoms with Gasteiger partial charge in [0.1, 0.15) is 12.0 Å². The Labute approximate surface area is 141 Å². The van der Waals surface area contributed by atoms with E-state index in [1.165, 1.54) is 11.0 Å². The third kappa shape index (κ3) is 2.70. The van der Waals surface area contributed by atoms with Crippen molar-refractivity contribution >= 4 is 18.4 Å². The quantitative estimate of drug-likeness (QED) is 0.458. The van der Waals surface area contributed by atoms with Gasteiger partial charge < -0.3 is 4.42 Å². The molecule has 0 bridgehead atoms. The molecule has 0 saturated heterocycles. The second kappa shape index (κ2) is 6.09. The number of aromatic amines is 1. The topological polar surface area (TPSA) is 76.9 Å². The molecule has 4 aromatic rings. The maximum atomic E-state index is 5.49. The van der Waals surface area contributed by atoms with Gasteiger partial charge in [0.05, 0.1) is 18.2 Å². The van der Waals surface area contributed by atoms with Crippen molar-refractivity contribution < 1.29 is 4.42 Å². The van der Waals surface area contributed by atoms with Crippen LogP contribution in [0.3, 0.4) is 0 Å². The van der Waals surface area contributed by atoms with E-state index in [-0.39, 0.29) is 0 Å². The maximum absolute atomic E-state index is 5.49. The van der Waals surface area contributed by atoms with Crippen LogP contribution in [0.15, 0.2) is 70.8 Å². The Morgan fingerprint density at radius 1 is 1.17 bits per heavy atom. The highest BCUT2D eigenvalue weighted by atomic mass is 32.1. The molecular formula is C16H12N6OS. The molecule has 0 atom stereocenters. The third-order valence-electron chi connectivity index (χ3n) is 3.37. The van der Waals surface area contributed by atoms with E-state index in [4.69, 9.17) is 16.6 Å². The molecule has 0 radical (unpaired) electrons. The van der Waals surface area contributed by atoms with Crippen LogP contribution in [0.2, 0.25) is 0 Å². The first-order valence-electron chi connectivity index (χ1n) is 7.16. The van der Waals surface area contributed by atoms with Crippen LogP contribution >= 0.6 is 12.2 Å². The van der Waals surface area contributed by atoms with Crippen LogP contribution in [0.5, 0.6) is 0 Å². The lowest BCUT2D eigenvalue weighted by Crippen LogP contribution is -1.93. The van der Waals surface area contributed by atoms with Crippen LogP contribution in [0.4, 0.5) is 0 Å². The molecule has 0 amide bonds. The molecule has 0 saturated carbocycles. The molecule has 3 heterocycles. The lowest BCUT2D eigenvalue weighted by atomic mass is 10.2. The summed E-state index contributed by atoms with van der Waals surface area (Å²) in [5.74, 6) is 0.668. The fraction of sp³-hybridized carbons (Fsp3) is 0. The molecule has 0 aliphatic carbocycles. The van der Waals surface area contributed by atoms with Crippen molar-refractivity contribution in [1.29, 1.82) is 0 Å². The standard InChI is InChI=1S/C16H12N6OS/c24-16-19-17-11-22(16)18-9-12-10-21(13-5-2-1-3-6-13)20-15(12)14-7-4-8-23-14/h1-11H,(H,19,24)/b18-9-.